The van der Waals surface area contributed by atoms with Crippen LogP contribution in [-0.2, 0) is 9.53 Å². The summed E-state index contributed by atoms with van der Waals surface area (Å²) >= 11 is 0. The highest BCUT2D eigenvalue weighted by atomic mass is 16.5. The summed E-state index contributed by atoms with van der Waals surface area (Å²) in [5.41, 5.74) is 5.47. The second-order valence-electron chi connectivity index (χ2n) is 7.45. The van der Waals surface area contributed by atoms with Crippen molar-refractivity contribution in [1.29, 1.82) is 0 Å². The standard InChI is InChI=1S/C23H26N4O3/c1-14-6-7-19(10-15(14)2)18(5)25-22(28)13-30-23(29)20-8-9-21(24-12-20)27-17(4)11-16(3)26-27/h6-12,18H,13H2,1-5H3,(H,25,28). The second kappa shape index (κ2) is 8.90. The molecule has 0 radical (unpaired) electrons. The molecule has 0 saturated heterocycles. The highest BCUT2D eigenvalue weighted by Gasteiger charge is 2.14. The summed E-state index contributed by atoms with van der Waals surface area (Å²) in [4.78, 5) is 28.7. The van der Waals surface area contributed by atoms with Crippen molar-refractivity contribution in [1.82, 2.24) is 20.1 Å². The third-order valence-corrected chi connectivity index (χ3v) is 4.95. The van der Waals surface area contributed by atoms with Crippen LogP contribution in [0.3, 0.4) is 0 Å². The van der Waals surface area contributed by atoms with E-state index in [2.05, 4.69) is 15.4 Å². The Bertz CT molecular complexity index is 1070. The number of hydrogen-bond acceptors (Lipinski definition) is 5. The summed E-state index contributed by atoms with van der Waals surface area (Å²) in [7, 11) is 0. The molecule has 30 heavy (non-hydrogen) atoms. The Morgan fingerprint density at radius 2 is 1.83 bits per heavy atom. The van der Waals surface area contributed by atoms with Gasteiger partial charge in [-0.2, -0.15) is 5.10 Å². The first-order chi connectivity index (χ1) is 14.2. The lowest BCUT2D eigenvalue weighted by atomic mass is 10.0. The molecule has 3 aromatic rings. The van der Waals surface area contributed by atoms with Crippen LogP contribution in [0.1, 0.15) is 51.4 Å². The Balaban J connectivity index is 1.55. The number of ether oxygens (including phenoxy) is 1. The SMILES string of the molecule is Cc1cc(C)n(-c2ccc(C(=O)OCC(=O)NC(C)c3ccc(C)c(C)c3)cn2)n1. The molecule has 7 nitrogen and oxygen atoms in total. The molecule has 0 aliphatic rings. The molecule has 0 saturated carbocycles. The third-order valence-electron chi connectivity index (χ3n) is 4.95. The van der Waals surface area contributed by atoms with E-state index < -0.39 is 5.97 Å². The number of amides is 1. The van der Waals surface area contributed by atoms with Gasteiger partial charge in [0.05, 0.1) is 17.3 Å². The third kappa shape index (κ3) is 4.92. The maximum Gasteiger partial charge on any atom is 0.340 e. The summed E-state index contributed by atoms with van der Waals surface area (Å²) in [6.45, 7) is 9.45. The second-order valence-corrected chi connectivity index (χ2v) is 7.45. The van der Waals surface area contributed by atoms with Crippen molar-refractivity contribution >= 4 is 11.9 Å². The van der Waals surface area contributed by atoms with E-state index in [0.717, 1.165) is 22.5 Å². The maximum atomic E-state index is 12.2. The van der Waals surface area contributed by atoms with Crippen LogP contribution in [0.15, 0.2) is 42.6 Å². The summed E-state index contributed by atoms with van der Waals surface area (Å²) in [6.07, 6.45) is 1.42. The fourth-order valence-corrected chi connectivity index (χ4v) is 3.11. The van der Waals surface area contributed by atoms with Gasteiger partial charge in [-0.25, -0.2) is 14.5 Å². The summed E-state index contributed by atoms with van der Waals surface area (Å²) in [5, 5.41) is 7.21. The van der Waals surface area contributed by atoms with Gasteiger partial charge in [0.15, 0.2) is 12.4 Å². The van der Waals surface area contributed by atoms with E-state index in [0.29, 0.717) is 5.82 Å². The minimum absolute atomic E-state index is 0.183. The van der Waals surface area contributed by atoms with E-state index >= 15 is 0 Å². The first kappa shape index (κ1) is 21.2. The van der Waals surface area contributed by atoms with Gasteiger partial charge in [0.25, 0.3) is 5.91 Å². The van der Waals surface area contributed by atoms with Crippen LogP contribution < -0.4 is 5.32 Å². The molecule has 0 aliphatic heterocycles. The van der Waals surface area contributed by atoms with E-state index in [1.54, 1.807) is 16.8 Å². The van der Waals surface area contributed by atoms with Gasteiger partial charge in [0.1, 0.15) is 0 Å². The van der Waals surface area contributed by atoms with E-state index in [1.165, 1.54) is 11.8 Å². The molecular weight excluding hydrogens is 380 g/mol. The number of pyridine rings is 1. The van der Waals surface area contributed by atoms with Crippen LogP contribution in [0.5, 0.6) is 0 Å². The quantitative estimate of drug-likeness (QED) is 0.633. The molecule has 1 N–H and O–H groups in total. The number of carbonyl (C=O) groups excluding carboxylic acids is 2. The van der Waals surface area contributed by atoms with Crippen molar-refractivity contribution in [3.05, 3.63) is 76.2 Å². The van der Waals surface area contributed by atoms with Crippen LogP contribution in [0, 0.1) is 27.7 Å². The number of hydrogen-bond donors (Lipinski definition) is 1. The van der Waals surface area contributed by atoms with Gasteiger partial charge in [-0.15, -0.1) is 0 Å². The van der Waals surface area contributed by atoms with Crippen molar-refractivity contribution in [3.8, 4) is 5.82 Å². The average Bonchev–Trinajstić information content (AvgIpc) is 3.06. The monoisotopic (exact) mass is 406 g/mol. The minimum Gasteiger partial charge on any atom is -0.452 e. The number of rotatable bonds is 6. The molecule has 2 aromatic heterocycles. The molecule has 1 unspecified atom stereocenters. The molecule has 3 rings (SSSR count). The molecule has 0 aliphatic carbocycles. The highest BCUT2D eigenvalue weighted by Crippen LogP contribution is 2.16. The first-order valence-electron chi connectivity index (χ1n) is 9.78. The average molecular weight is 406 g/mol. The van der Waals surface area contributed by atoms with Crippen LogP contribution >= 0.6 is 0 Å². The van der Waals surface area contributed by atoms with Crippen molar-refractivity contribution in [3.63, 3.8) is 0 Å². The molecule has 7 heteroatoms. The van der Waals surface area contributed by atoms with Crippen molar-refractivity contribution in [2.24, 2.45) is 0 Å². The number of nitrogens with one attached hydrogen (secondary N) is 1. The van der Waals surface area contributed by atoms with Crippen LogP contribution in [0.4, 0.5) is 0 Å². The summed E-state index contributed by atoms with van der Waals surface area (Å²) in [5.74, 6) is -0.352. The Hall–Kier alpha value is -3.48. The number of benzene rings is 1. The molecule has 0 spiro atoms. The molecular formula is C23H26N4O3. The predicted octanol–water partition coefficient (Wildman–Crippen LogP) is 3.54. The van der Waals surface area contributed by atoms with E-state index in [-0.39, 0.29) is 24.1 Å². The molecule has 0 bridgehead atoms. The Kier molecular flexibility index (Phi) is 6.30. The van der Waals surface area contributed by atoms with Gasteiger partial charge in [-0.05, 0) is 69.5 Å². The van der Waals surface area contributed by atoms with E-state index in [1.807, 2.05) is 58.9 Å². The number of carbonyl (C=O) groups is 2. The van der Waals surface area contributed by atoms with E-state index in [9.17, 15) is 9.59 Å². The molecule has 1 atom stereocenters. The van der Waals surface area contributed by atoms with Gasteiger partial charge >= 0.3 is 5.97 Å². The predicted molar refractivity (Wildman–Crippen MR) is 114 cm³/mol. The molecule has 0 fully saturated rings. The number of nitrogens with zero attached hydrogens (tertiary/aromatic N) is 3. The van der Waals surface area contributed by atoms with Gasteiger partial charge in [0.2, 0.25) is 0 Å². The van der Waals surface area contributed by atoms with Crippen molar-refractivity contribution in [2.75, 3.05) is 6.61 Å². The fraction of sp³-hybridized carbons (Fsp3) is 0.304. The zero-order valence-electron chi connectivity index (χ0n) is 17.9. The van der Waals surface area contributed by atoms with Crippen molar-refractivity contribution < 1.29 is 14.3 Å². The number of esters is 1. The summed E-state index contributed by atoms with van der Waals surface area (Å²) < 4.78 is 6.83. The van der Waals surface area contributed by atoms with Crippen LogP contribution in [0.2, 0.25) is 0 Å². The molecule has 1 amide bonds. The molecule has 2 heterocycles. The topological polar surface area (TPSA) is 86.1 Å². The molecule has 1 aromatic carbocycles. The van der Waals surface area contributed by atoms with Gasteiger partial charge in [-0.3, -0.25) is 4.79 Å². The summed E-state index contributed by atoms with van der Waals surface area (Å²) in [6, 6.07) is 11.1. The zero-order valence-corrected chi connectivity index (χ0v) is 17.9. The zero-order chi connectivity index (χ0) is 21.8. The number of aryl methyl sites for hydroxylation is 4. The smallest absolute Gasteiger partial charge is 0.340 e. The van der Waals surface area contributed by atoms with Gasteiger partial charge < -0.3 is 10.1 Å². The first-order valence-corrected chi connectivity index (χ1v) is 9.78. The molecule has 156 valence electrons. The maximum absolute atomic E-state index is 12.2. The normalized spacial score (nSPS) is 11.8. The van der Waals surface area contributed by atoms with Crippen molar-refractivity contribution in [2.45, 2.75) is 40.7 Å². The lowest BCUT2D eigenvalue weighted by Crippen LogP contribution is -2.31. The lowest BCUT2D eigenvalue weighted by Gasteiger charge is -2.15. The Labute approximate surface area is 176 Å². The highest BCUT2D eigenvalue weighted by molar-refractivity contribution is 5.91. The van der Waals surface area contributed by atoms with E-state index in [4.69, 9.17) is 4.74 Å². The lowest BCUT2D eigenvalue weighted by molar-refractivity contribution is -0.124. The fourth-order valence-electron chi connectivity index (χ4n) is 3.11. The minimum atomic E-state index is -0.601. The number of aromatic nitrogens is 3. The largest absolute Gasteiger partial charge is 0.452 e. The van der Waals surface area contributed by atoms with Gasteiger partial charge in [0, 0.05) is 11.9 Å². The Morgan fingerprint density at radius 1 is 1.07 bits per heavy atom. The van der Waals surface area contributed by atoms with Crippen LogP contribution in [0.25, 0.3) is 5.82 Å². The Morgan fingerprint density at radius 3 is 2.43 bits per heavy atom. The van der Waals surface area contributed by atoms with Gasteiger partial charge in [-0.1, -0.05) is 18.2 Å². The van der Waals surface area contributed by atoms with Crippen LogP contribution in [-0.4, -0.2) is 33.2 Å².